The van der Waals surface area contributed by atoms with Crippen LogP contribution in [0, 0.1) is 5.41 Å². The molecule has 0 aromatic rings. The first-order valence-electron chi connectivity index (χ1n) is 6.52. The van der Waals surface area contributed by atoms with Gasteiger partial charge in [0.25, 0.3) is 0 Å². The SMILES string of the molecule is COCCCCC1(CNCCOC)CCC1. The smallest absolute Gasteiger partial charge is 0.0587 e. The zero-order valence-electron chi connectivity index (χ0n) is 10.9. The maximum Gasteiger partial charge on any atom is 0.0587 e. The first-order chi connectivity index (χ1) is 7.83. The zero-order valence-corrected chi connectivity index (χ0v) is 10.9. The second kappa shape index (κ2) is 8.04. The fourth-order valence-corrected chi connectivity index (χ4v) is 2.47. The van der Waals surface area contributed by atoms with Crippen molar-refractivity contribution >= 4 is 0 Å². The van der Waals surface area contributed by atoms with Gasteiger partial charge in [-0.15, -0.1) is 0 Å². The lowest BCUT2D eigenvalue weighted by Crippen LogP contribution is -2.40. The third-order valence-electron chi connectivity index (χ3n) is 3.70. The molecule has 0 amide bonds. The summed E-state index contributed by atoms with van der Waals surface area (Å²) < 4.78 is 10.1. The molecule has 0 unspecified atom stereocenters. The van der Waals surface area contributed by atoms with Crippen LogP contribution in [-0.4, -0.2) is 40.5 Å². The molecule has 0 heterocycles. The second-order valence-corrected chi connectivity index (χ2v) is 4.97. The van der Waals surface area contributed by atoms with E-state index in [1.165, 1.54) is 45.1 Å². The van der Waals surface area contributed by atoms with Crippen molar-refractivity contribution in [3.8, 4) is 0 Å². The molecule has 0 bridgehead atoms. The van der Waals surface area contributed by atoms with E-state index in [1.54, 1.807) is 14.2 Å². The molecule has 1 fully saturated rings. The van der Waals surface area contributed by atoms with E-state index in [2.05, 4.69) is 5.32 Å². The van der Waals surface area contributed by atoms with Gasteiger partial charge in [0.2, 0.25) is 0 Å². The van der Waals surface area contributed by atoms with E-state index in [-0.39, 0.29) is 0 Å². The van der Waals surface area contributed by atoms with Crippen molar-refractivity contribution in [3.63, 3.8) is 0 Å². The van der Waals surface area contributed by atoms with Gasteiger partial charge in [-0.25, -0.2) is 0 Å². The van der Waals surface area contributed by atoms with Crippen LogP contribution in [0.25, 0.3) is 0 Å². The van der Waals surface area contributed by atoms with Crippen molar-refractivity contribution in [2.24, 2.45) is 5.41 Å². The molecule has 1 rings (SSSR count). The molecular formula is C13H27NO2. The highest BCUT2D eigenvalue weighted by Crippen LogP contribution is 2.44. The van der Waals surface area contributed by atoms with Gasteiger partial charge in [-0.3, -0.25) is 0 Å². The second-order valence-electron chi connectivity index (χ2n) is 4.97. The fourth-order valence-electron chi connectivity index (χ4n) is 2.47. The lowest BCUT2D eigenvalue weighted by molar-refractivity contribution is 0.102. The number of ether oxygens (including phenoxy) is 2. The molecule has 1 N–H and O–H groups in total. The molecular weight excluding hydrogens is 202 g/mol. The third kappa shape index (κ3) is 4.81. The Morgan fingerprint density at radius 2 is 1.81 bits per heavy atom. The molecule has 1 aliphatic rings. The molecule has 0 saturated heterocycles. The van der Waals surface area contributed by atoms with E-state index < -0.39 is 0 Å². The lowest BCUT2D eigenvalue weighted by Gasteiger charge is -2.42. The van der Waals surface area contributed by atoms with Crippen LogP contribution in [0.1, 0.15) is 38.5 Å². The minimum Gasteiger partial charge on any atom is -0.385 e. The van der Waals surface area contributed by atoms with Crippen LogP contribution < -0.4 is 5.32 Å². The largest absolute Gasteiger partial charge is 0.385 e. The molecule has 0 radical (unpaired) electrons. The van der Waals surface area contributed by atoms with Crippen molar-refractivity contribution in [2.75, 3.05) is 40.5 Å². The van der Waals surface area contributed by atoms with Crippen molar-refractivity contribution in [1.29, 1.82) is 0 Å². The monoisotopic (exact) mass is 229 g/mol. The minimum absolute atomic E-state index is 0.599. The van der Waals surface area contributed by atoms with Crippen LogP contribution >= 0.6 is 0 Å². The van der Waals surface area contributed by atoms with Gasteiger partial charge >= 0.3 is 0 Å². The zero-order chi connectivity index (χ0) is 11.7. The van der Waals surface area contributed by atoms with Crippen LogP contribution in [0.15, 0.2) is 0 Å². The van der Waals surface area contributed by atoms with Gasteiger partial charge in [-0.2, -0.15) is 0 Å². The first kappa shape index (κ1) is 13.9. The van der Waals surface area contributed by atoms with Gasteiger partial charge in [0, 0.05) is 33.9 Å². The molecule has 16 heavy (non-hydrogen) atoms. The number of nitrogens with one attached hydrogen (secondary N) is 1. The van der Waals surface area contributed by atoms with Gasteiger partial charge in [-0.05, 0) is 31.1 Å². The Morgan fingerprint density at radius 3 is 2.38 bits per heavy atom. The average Bonchev–Trinajstić information content (AvgIpc) is 2.25. The van der Waals surface area contributed by atoms with Crippen LogP contribution in [-0.2, 0) is 9.47 Å². The van der Waals surface area contributed by atoms with Gasteiger partial charge in [0.1, 0.15) is 0 Å². The van der Waals surface area contributed by atoms with E-state index >= 15 is 0 Å². The molecule has 0 atom stereocenters. The van der Waals surface area contributed by atoms with E-state index in [4.69, 9.17) is 9.47 Å². The number of unbranched alkanes of at least 4 members (excludes halogenated alkanes) is 1. The lowest BCUT2D eigenvalue weighted by atomic mass is 9.66. The van der Waals surface area contributed by atoms with Crippen LogP contribution in [0.2, 0.25) is 0 Å². The summed E-state index contributed by atoms with van der Waals surface area (Å²) >= 11 is 0. The summed E-state index contributed by atoms with van der Waals surface area (Å²) in [6.07, 6.45) is 8.09. The predicted octanol–water partition coefficient (Wildman–Crippen LogP) is 2.21. The molecule has 3 heteroatoms. The third-order valence-corrected chi connectivity index (χ3v) is 3.70. The first-order valence-corrected chi connectivity index (χ1v) is 6.52. The van der Waals surface area contributed by atoms with E-state index in [9.17, 15) is 0 Å². The van der Waals surface area contributed by atoms with Gasteiger partial charge < -0.3 is 14.8 Å². The van der Waals surface area contributed by atoms with Crippen LogP contribution in [0.4, 0.5) is 0 Å². The molecule has 1 saturated carbocycles. The summed E-state index contributed by atoms with van der Waals surface area (Å²) in [4.78, 5) is 0. The van der Waals surface area contributed by atoms with Gasteiger partial charge in [0.05, 0.1) is 6.61 Å². The quantitative estimate of drug-likeness (QED) is 0.583. The Kier molecular flexibility index (Phi) is 7.01. The van der Waals surface area contributed by atoms with E-state index in [0.29, 0.717) is 5.41 Å². The molecule has 0 aromatic carbocycles. The molecule has 96 valence electrons. The Balaban J connectivity index is 2.07. The average molecular weight is 229 g/mol. The number of hydrogen-bond acceptors (Lipinski definition) is 3. The summed E-state index contributed by atoms with van der Waals surface area (Å²) in [6, 6.07) is 0. The summed E-state index contributed by atoms with van der Waals surface area (Å²) in [5, 5.41) is 3.51. The number of rotatable bonds is 10. The van der Waals surface area contributed by atoms with Crippen LogP contribution in [0.3, 0.4) is 0 Å². The maximum atomic E-state index is 5.09. The summed E-state index contributed by atoms with van der Waals surface area (Å²) in [5.41, 5.74) is 0.599. The number of methoxy groups -OCH3 is 2. The Hall–Kier alpha value is -0.120. The Labute approximate surface area is 99.9 Å². The molecule has 0 spiro atoms. The Bertz CT molecular complexity index is 155. The van der Waals surface area contributed by atoms with Crippen molar-refractivity contribution in [2.45, 2.75) is 38.5 Å². The highest BCUT2D eigenvalue weighted by Gasteiger charge is 2.35. The summed E-state index contributed by atoms with van der Waals surface area (Å²) in [5.74, 6) is 0. The predicted molar refractivity (Wildman–Crippen MR) is 66.8 cm³/mol. The van der Waals surface area contributed by atoms with E-state index in [1.807, 2.05) is 0 Å². The summed E-state index contributed by atoms with van der Waals surface area (Å²) in [6.45, 7) is 3.88. The van der Waals surface area contributed by atoms with Crippen LogP contribution in [0.5, 0.6) is 0 Å². The molecule has 0 aromatic heterocycles. The molecule has 1 aliphatic carbocycles. The van der Waals surface area contributed by atoms with Gasteiger partial charge in [0.15, 0.2) is 0 Å². The maximum absolute atomic E-state index is 5.09. The van der Waals surface area contributed by atoms with Crippen molar-refractivity contribution < 1.29 is 9.47 Å². The van der Waals surface area contributed by atoms with Crippen molar-refractivity contribution in [3.05, 3.63) is 0 Å². The topological polar surface area (TPSA) is 30.5 Å². The standard InChI is InChI=1S/C13H27NO2/c1-15-10-4-3-6-13(7-5-8-13)12-14-9-11-16-2/h14H,3-12H2,1-2H3. The van der Waals surface area contributed by atoms with Crippen molar-refractivity contribution in [1.82, 2.24) is 5.32 Å². The highest BCUT2D eigenvalue weighted by molar-refractivity contribution is 4.89. The Morgan fingerprint density at radius 1 is 1.06 bits per heavy atom. The summed E-state index contributed by atoms with van der Waals surface area (Å²) in [7, 11) is 3.54. The molecule has 0 aliphatic heterocycles. The fraction of sp³-hybridized carbons (Fsp3) is 1.00. The highest BCUT2D eigenvalue weighted by atomic mass is 16.5. The normalized spacial score (nSPS) is 18.4. The molecule has 3 nitrogen and oxygen atoms in total. The van der Waals surface area contributed by atoms with E-state index in [0.717, 1.165) is 19.8 Å². The number of hydrogen-bond donors (Lipinski definition) is 1. The minimum atomic E-state index is 0.599. The van der Waals surface area contributed by atoms with Gasteiger partial charge in [-0.1, -0.05) is 12.8 Å².